The monoisotopic (exact) mass is 246 g/mol. The summed E-state index contributed by atoms with van der Waals surface area (Å²) in [5.41, 5.74) is 4.25. The summed E-state index contributed by atoms with van der Waals surface area (Å²) in [6.45, 7) is 3.31. The van der Waals surface area contributed by atoms with Crippen LogP contribution in [-0.4, -0.2) is 32.8 Å². The van der Waals surface area contributed by atoms with Crippen molar-refractivity contribution in [1.82, 2.24) is 0 Å². The van der Waals surface area contributed by atoms with Gasteiger partial charge in [-0.05, 0) is 43.4 Å². The summed E-state index contributed by atoms with van der Waals surface area (Å²) in [4.78, 5) is 2.50. The Morgan fingerprint density at radius 2 is 2.28 bits per heavy atom. The van der Waals surface area contributed by atoms with Crippen LogP contribution in [0.2, 0.25) is 0 Å². The fourth-order valence-electron chi connectivity index (χ4n) is 3.14. The van der Waals surface area contributed by atoms with Crippen LogP contribution < -0.4 is 10.2 Å². The number of nitrogens with one attached hydrogen (secondary N) is 1. The van der Waals surface area contributed by atoms with Gasteiger partial charge in [-0.15, -0.1) is 0 Å². The Labute approximate surface area is 109 Å². The van der Waals surface area contributed by atoms with Gasteiger partial charge in [-0.1, -0.05) is 6.07 Å². The molecule has 0 spiro atoms. The van der Waals surface area contributed by atoms with Gasteiger partial charge in [0.2, 0.25) is 0 Å². The molecule has 2 aliphatic heterocycles. The normalized spacial score (nSPS) is 23.4. The lowest BCUT2D eigenvalue weighted by Gasteiger charge is -2.36. The topological polar surface area (TPSA) is 24.5 Å². The van der Waals surface area contributed by atoms with Gasteiger partial charge in [0.05, 0.1) is 6.10 Å². The quantitative estimate of drug-likeness (QED) is 0.868. The minimum Gasteiger partial charge on any atom is -0.385 e. The van der Waals surface area contributed by atoms with Crippen molar-refractivity contribution in [2.45, 2.75) is 31.8 Å². The number of rotatable bonds is 2. The molecular weight excluding hydrogens is 224 g/mol. The molecule has 2 heterocycles. The van der Waals surface area contributed by atoms with Crippen molar-refractivity contribution in [2.24, 2.45) is 0 Å². The molecule has 1 atom stereocenters. The maximum Gasteiger partial charge on any atom is 0.0746 e. The van der Waals surface area contributed by atoms with Crippen molar-refractivity contribution < 1.29 is 4.74 Å². The highest BCUT2D eigenvalue weighted by Gasteiger charge is 2.23. The molecule has 3 rings (SSSR count). The van der Waals surface area contributed by atoms with E-state index >= 15 is 0 Å². The van der Waals surface area contributed by atoms with Gasteiger partial charge < -0.3 is 15.0 Å². The predicted molar refractivity (Wildman–Crippen MR) is 75.5 cm³/mol. The Morgan fingerprint density at radius 1 is 1.33 bits per heavy atom. The highest BCUT2D eigenvalue weighted by Crippen LogP contribution is 2.33. The van der Waals surface area contributed by atoms with E-state index in [1.807, 2.05) is 7.11 Å². The lowest BCUT2D eigenvalue weighted by Crippen LogP contribution is -2.40. The molecule has 3 nitrogen and oxygen atoms in total. The maximum absolute atomic E-state index is 5.53. The molecule has 0 bridgehead atoms. The van der Waals surface area contributed by atoms with Gasteiger partial charge in [0.1, 0.15) is 0 Å². The average Bonchev–Trinajstić information content (AvgIpc) is 2.47. The predicted octanol–water partition coefficient (Wildman–Crippen LogP) is 2.66. The SMILES string of the molecule is COC1CCCN(c2cccc3c2CCCN3)C1. The molecule has 0 saturated carbocycles. The summed E-state index contributed by atoms with van der Waals surface area (Å²) in [6.07, 6.45) is 5.26. The minimum absolute atomic E-state index is 0.395. The van der Waals surface area contributed by atoms with Crippen LogP contribution in [-0.2, 0) is 11.2 Å². The number of hydrogen-bond donors (Lipinski definition) is 1. The second-order valence-electron chi connectivity index (χ2n) is 5.28. The fourth-order valence-corrected chi connectivity index (χ4v) is 3.14. The summed E-state index contributed by atoms with van der Waals surface area (Å²) in [5, 5.41) is 3.51. The zero-order valence-corrected chi connectivity index (χ0v) is 11.1. The molecule has 98 valence electrons. The molecule has 3 heteroatoms. The van der Waals surface area contributed by atoms with Crippen LogP contribution in [0.5, 0.6) is 0 Å². The molecule has 0 amide bonds. The first kappa shape index (κ1) is 11.8. The van der Waals surface area contributed by atoms with Gasteiger partial charge in [0.25, 0.3) is 0 Å². The van der Waals surface area contributed by atoms with Crippen LogP contribution in [0.25, 0.3) is 0 Å². The summed E-state index contributed by atoms with van der Waals surface area (Å²) >= 11 is 0. The van der Waals surface area contributed by atoms with Crippen molar-refractivity contribution in [3.63, 3.8) is 0 Å². The van der Waals surface area contributed by atoms with E-state index in [-0.39, 0.29) is 0 Å². The molecule has 0 radical (unpaired) electrons. The number of nitrogens with zero attached hydrogens (tertiary/aromatic N) is 1. The van der Waals surface area contributed by atoms with E-state index in [4.69, 9.17) is 4.74 Å². The van der Waals surface area contributed by atoms with Crippen LogP contribution in [0.4, 0.5) is 11.4 Å². The molecule has 1 aromatic rings. The van der Waals surface area contributed by atoms with E-state index < -0.39 is 0 Å². The zero-order valence-electron chi connectivity index (χ0n) is 11.1. The Bertz CT molecular complexity index is 419. The van der Waals surface area contributed by atoms with E-state index in [9.17, 15) is 0 Å². The van der Waals surface area contributed by atoms with E-state index in [0.29, 0.717) is 6.10 Å². The highest BCUT2D eigenvalue weighted by molar-refractivity contribution is 5.68. The summed E-state index contributed by atoms with van der Waals surface area (Å²) in [5.74, 6) is 0. The zero-order chi connectivity index (χ0) is 12.4. The lowest BCUT2D eigenvalue weighted by atomic mass is 9.99. The molecule has 1 N–H and O–H groups in total. The van der Waals surface area contributed by atoms with Gasteiger partial charge in [0.15, 0.2) is 0 Å². The lowest BCUT2D eigenvalue weighted by molar-refractivity contribution is 0.0893. The number of piperidine rings is 1. The molecule has 2 aliphatic rings. The van der Waals surface area contributed by atoms with Crippen LogP contribution in [0.3, 0.4) is 0 Å². The van der Waals surface area contributed by atoms with Crippen LogP contribution in [0.1, 0.15) is 24.8 Å². The molecule has 1 aromatic carbocycles. The summed E-state index contributed by atoms with van der Waals surface area (Å²) in [6, 6.07) is 6.64. The maximum atomic E-state index is 5.53. The number of fused-ring (bicyclic) bond motifs is 1. The largest absolute Gasteiger partial charge is 0.385 e. The van der Waals surface area contributed by atoms with Gasteiger partial charge in [0, 0.05) is 38.1 Å². The number of anilines is 2. The third kappa shape index (κ3) is 2.19. The number of benzene rings is 1. The minimum atomic E-state index is 0.395. The van der Waals surface area contributed by atoms with Crippen LogP contribution in [0.15, 0.2) is 18.2 Å². The van der Waals surface area contributed by atoms with Crippen molar-refractivity contribution in [1.29, 1.82) is 0 Å². The number of hydrogen-bond acceptors (Lipinski definition) is 3. The second kappa shape index (κ2) is 5.19. The molecule has 1 fully saturated rings. The molecule has 1 saturated heterocycles. The molecule has 0 aromatic heterocycles. The van der Waals surface area contributed by atoms with Gasteiger partial charge in [-0.3, -0.25) is 0 Å². The van der Waals surface area contributed by atoms with Crippen LogP contribution in [0, 0.1) is 0 Å². The number of methoxy groups -OCH3 is 1. The Hall–Kier alpha value is -1.22. The summed E-state index contributed by atoms with van der Waals surface area (Å²) in [7, 11) is 1.83. The van der Waals surface area contributed by atoms with Gasteiger partial charge in [-0.2, -0.15) is 0 Å². The smallest absolute Gasteiger partial charge is 0.0746 e. The molecule has 18 heavy (non-hydrogen) atoms. The first-order valence-electron chi connectivity index (χ1n) is 7.02. The first-order chi connectivity index (χ1) is 8.88. The van der Waals surface area contributed by atoms with Crippen molar-refractivity contribution >= 4 is 11.4 Å². The fraction of sp³-hybridized carbons (Fsp3) is 0.600. The third-order valence-corrected chi connectivity index (χ3v) is 4.12. The van der Waals surface area contributed by atoms with E-state index in [1.54, 1.807) is 0 Å². The standard InChI is InChI=1S/C15H22N2O/c1-18-12-5-4-10-17(11-12)15-8-2-7-14-13(15)6-3-9-16-14/h2,7-8,12,16H,3-6,9-11H2,1H3. The van der Waals surface area contributed by atoms with Crippen LogP contribution >= 0.6 is 0 Å². The molecule has 1 unspecified atom stereocenters. The van der Waals surface area contributed by atoms with Crippen molar-refractivity contribution in [2.75, 3.05) is 37.0 Å². The van der Waals surface area contributed by atoms with Gasteiger partial charge in [-0.25, -0.2) is 0 Å². The summed E-state index contributed by atoms with van der Waals surface area (Å²) < 4.78 is 5.53. The molecule has 0 aliphatic carbocycles. The third-order valence-electron chi connectivity index (χ3n) is 4.12. The average molecular weight is 246 g/mol. The van der Waals surface area contributed by atoms with Crippen molar-refractivity contribution in [3.8, 4) is 0 Å². The van der Waals surface area contributed by atoms with E-state index in [1.165, 1.54) is 42.6 Å². The molecular formula is C15H22N2O. The van der Waals surface area contributed by atoms with E-state index in [2.05, 4.69) is 28.4 Å². The van der Waals surface area contributed by atoms with Crippen molar-refractivity contribution in [3.05, 3.63) is 23.8 Å². The highest BCUT2D eigenvalue weighted by atomic mass is 16.5. The Kier molecular flexibility index (Phi) is 3.41. The van der Waals surface area contributed by atoms with Gasteiger partial charge >= 0.3 is 0 Å². The Morgan fingerprint density at radius 3 is 3.17 bits per heavy atom. The first-order valence-corrected chi connectivity index (χ1v) is 7.02. The Balaban J connectivity index is 1.87. The second-order valence-corrected chi connectivity index (χ2v) is 5.28. The number of ether oxygens (including phenoxy) is 1. The van der Waals surface area contributed by atoms with E-state index in [0.717, 1.165) is 19.6 Å².